The summed E-state index contributed by atoms with van der Waals surface area (Å²) in [5, 5.41) is 0. The summed E-state index contributed by atoms with van der Waals surface area (Å²) in [5.41, 5.74) is 1.01. The molecule has 0 saturated carbocycles. The highest BCUT2D eigenvalue weighted by Crippen LogP contribution is 2.26. The van der Waals surface area contributed by atoms with Crippen molar-refractivity contribution >= 4 is 11.9 Å². The second-order valence-corrected chi connectivity index (χ2v) is 2.93. The number of benzene rings is 1. The van der Waals surface area contributed by atoms with Gasteiger partial charge >= 0.3 is 11.9 Å². The van der Waals surface area contributed by atoms with Gasteiger partial charge in [-0.3, -0.25) is 4.79 Å². The zero-order chi connectivity index (χ0) is 10.1. The Bertz CT molecular complexity index is 409. The fraction of sp³-hybridized carbons (Fsp3) is 0.200. The second-order valence-electron chi connectivity index (χ2n) is 2.93. The maximum absolute atomic E-state index is 11.4. The molecule has 0 fully saturated rings. The van der Waals surface area contributed by atoms with Gasteiger partial charge in [0.1, 0.15) is 11.3 Å². The van der Waals surface area contributed by atoms with Gasteiger partial charge in [0.05, 0.1) is 13.5 Å². The summed E-state index contributed by atoms with van der Waals surface area (Å²) in [7, 11) is 1.47. The van der Waals surface area contributed by atoms with Gasteiger partial charge in [0.15, 0.2) is 0 Å². The normalized spacial score (nSPS) is 14.6. The summed E-state index contributed by atoms with van der Waals surface area (Å²) in [4.78, 5) is 22.3. The van der Waals surface area contributed by atoms with Crippen molar-refractivity contribution in [2.24, 2.45) is 0 Å². The SMILES string of the molecule is COc1cccc2c1C(=O)OC(=O)C2. The predicted molar refractivity (Wildman–Crippen MR) is 47.1 cm³/mol. The van der Waals surface area contributed by atoms with Crippen molar-refractivity contribution in [2.45, 2.75) is 6.42 Å². The molecule has 1 aromatic rings. The van der Waals surface area contributed by atoms with Crippen LogP contribution < -0.4 is 4.74 Å². The molecule has 72 valence electrons. The molecule has 2 rings (SSSR count). The van der Waals surface area contributed by atoms with E-state index in [1.807, 2.05) is 0 Å². The molecule has 1 aromatic carbocycles. The van der Waals surface area contributed by atoms with Gasteiger partial charge in [0.25, 0.3) is 0 Å². The minimum atomic E-state index is -0.631. The Morgan fingerprint density at radius 1 is 1.36 bits per heavy atom. The lowest BCUT2D eigenvalue weighted by molar-refractivity contribution is -0.137. The number of carbonyl (C=O) groups is 2. The van der Waals surface area contributed by atoms with Crippen LogP contribution in [0.3, 0.4) is 0 Å². The molecule has 0 amide bonds. The average molecular weight is 192 g/mol. The molecule has 0 saturated heterocycles. The molecule has 4 heteroatoms. The summed E-state index contributed by atoms with van der Waals surface area (Å²) in [6, 6.07) is 5.12. The number of ether oxygens (including phenoxy) is 2. The maximum atomic E-state index is 11.4. The Morgan fingerprint density at radius 2 is 2.14 bits per heavy atom. The van der Waals surface area contributed by atoms with Crippen LogP contribution in [0.1, 0.15) is 15.9 Å². The minimum Gasteiger partial charge on any atom is -0.496 e. The molecule has 4 nitrogen and oxygen atoms in total. The van der Waals surface area contributed by atoms with Crippen LogP contribution in [-0.2, 0) is 16.0 Å². The summed E-state index contributed by atoms with van der Waals surface area (Å²) >= 11 is 0. The van der Waals surface area contributed by atoms with Crippen LogP contribution in [0.4, 0.5) is 0 Å². The first-order chi connectivity index (χ1) is 6.72. The molecular formula is C10H8O4. The average Bonchev–Trinajstić information content (AvgIpc) is 2.16. The molecular weight excluding hydrogens is 184 g/mol. The molecule has 0 aliphatic carbocycles. The van der Waals surface area contributed by atoms with E-state index < -0.39 is 11.9 Å². The second kappa shape index (κ2) is 3.14. The van der Waals surface area contributed by atoms with E-state index in [-0.39, 0.29) is 6.42 Å². The fourth-order valence-corrected chi connectivity index (χ4v) is 1.47. The molecule has 0 bridgehead atoms. The van der Waals surface area contributed by atoms with Crippen molar-refractivity contribution in [3.63, 3.8) is 0 Å². The number of carbonyl (C=O) groups excluding carboxylic acids is 2. The van der Waals surface area contributed by atoms with Crippen molar-refractivity contribution in [1.82, 2.24) is 0 Å². The van der Waals surface area contributed by atoms with Gasteiger partial charge < -0.3 is 9.47 Å². The summed E-state index contributed by atoms with van der Waals surface area (Å²) < 4.78 is 9.50. The first kappa shape index (κ1) is 8.74. The van der Waals surface area contributed by atoms with Gasteiger partial charge in [-0.2, -0.15) is 0 Å². The number of methoxy groups -OCH3 is 1. The van der Waals surface area contributed by atoms with Crippen molar-refractivity contribution in [1.29, 1.82) is 0 Å². The lowest BCUT2D eigenvalue weighted by Gasteiger charge is -2.16. The third-order valence-electron chi connectivity index (χ3n) is 2.08. The molecule has 1 heterocycles. The van der Waals surface area contributed by atoms with E-state index in [4.69, 9.17) is 4.74 Å². The lowest BCUT2D eigenvalue weighted by atomic mass is 10.0. The molecule has 1 aliphatic rings. The predicted octanol–water partition coefficient (Wildman–Crippen LogP) is 0.935. The fourth-order valence-electron chi connectivity index (χ4n) is 1.47. The summed E-state index contributed by atoms with van der Waals surface area (Å²) in [6.07, 6.45) is 0.123. The first-order valence-corrected chi connectivity index (χ1v) is 4.13. The Labute approximate surface area is 80.4 Å². The highest BCUT2D eigenvalue weighted by atomic mass is 16.6. The molecule has 0 spiro atoms. The standard InChI is InChI=1S/C10H8O4/c1-13-7-4-2-3-6-5-8(11)14-10(12)9(6)7/h2-4H,5H2,1H3. The van der Waals surface area contributed by atoms with E-state index in [0.717, 1.165) is 0 Å². The number of cyclic esters (lactones) is 2. The third-order valence-corrected chi connectivity index (χ3v) is 2.08. The van der Waals surface area contributed by atoms with Crippen molar-refractivity contribution in [3.05, 3.63) is 29.3 Å². The van der Waals surface area contributed by atoms with Crippen LogP contribution in [-0.4, -0.2) is 19.0 Å². The minimum absolute atomic E-state index is 0.123. The molecule has 0 N–H and O–H groups in total. The topological polar surface area (TPSA) is 52.6 Å². The van der Waals surface area contributed by atoms with Gasteiger partial charge in [0.2, 0.25) is 0 Å². The number of hydrogen-bond acceptors (Lipinski definition) is 4. The summed E-state index contributed by atoms with van der Waals surface area (Å²) in [6.45, 7) is 0. The number of hydrogen-bond donors (Lipinski definition) is 0. The molecule has 0 unspecified atom stereocenters. The van der Waals surface area contributed by atoms with Crippen molar-refractivity contribution in [2.75, 3.05) is 7.11 Å². The van der Waals surface area contributed by atoms with E-state index in [0.29, 0.717) is 16.9 Å². The molecule has 14 heavy (non-hydrogen) atoms. The van der Waals surface area contributed by atoms with Crippen LogP contribution in [0.25, 0.3) is 0 Å². The van der Waals surface area contributed by atoms with Crippen LogP contribution in [0, 0.1) is 0 Å². The van der Waals surface area contributed by atoms with Crippen molar-refractivity contribution in [3.8, 4) is 5.75 Å². The smallest absolute Gasteiger partial charge is 0.349 e. The highest BCUT2D eigenvalue weighted by Gasteiger charge is 2.27. The Morgan fingerprint density at radius 3 is 2.86 bits per heavy atom. The van der Waals surface area contributed by atoms with Gasteiger partial charge in [-0.25, -0.2) is 4.79 Å². The third kappa shape index (κ3) is 1.25. The largest absolute Gasteiger partial charge is 0.496 e. The van der Waals surface area contributed by atoms with Crippen LogP contribution >= 0.6 is 0 Å². The molecule has 0 radical (unpaired) electrons. The van der Waals surface area contributed by atoms with Crippen LogP contribution in [0.2, 0.25) is 0 Å². The van der Waals surface area contributed by atoms with Crippen LogP contribution in [0.5, 0.6) is 5.75 Å². The zero-order valence-corrected chi connectivity index (χ0v) is 7.57. The van der Waals surface area contributed by atoms with E-state index in [1.165, 1.54) is 7.11 Å². The van der Waals surface area contributed by atoms with Crippen molar-refractivity contribution < 1.29 is 19.1 Å². The summed E-state index contributed by atoms with van der Waals surface area (Å²) in [5.74, 6) is -0.704. The van der Waals surface area contributed by atoms with Gasteiger partial charge in [-0.05, 0) is 11.6 Å². The highest BCUT2D eigenvalue weighted by molar-refractivity contribution is 6.04. The first-order valence-electron chi connectivity index (χ1n) is 4.13. The van der Waals surface area contributed by atoms with E-state index >= 15 is 0 Å². The molecule has 0 atom stereocenters. The zero-order valence-electron chi connectivity index (χ0n) is 7.57. The van der Waals surface area contributed by atoms with Gasteiger partial charge in [0, 0.05) is 0 Å². The van der Waals surface area contributed by atoms with Gasteiger partial charge in [-0.15, -0.1) is 0 Å². The monoisotopic (exact) mass is 192 g/mol. The van der Waals surface area contributed by atoms with Gasteiger partial charge in [-0.1, -0.05) is 12.1 Å². The quantitative estimate of drug-likeness (QED) is 0.490. The lowest BCUT2D eigenvalue weighted by Crippen LogP contribution is -2.23. The molecule has 0 aromatic heterocycles. The molecule has 1 aliphatic heterocycles. The maximum Gasteiger partial charge on any atom is 0.349 e. The van der Waals surface area contributed by atoms with E-state index in [1.54, 1.807) is 18.2 Å². The van der Waals surface area contributed by atoms with E-state index in [2.05, 4.69) is 4.74 Å². The number of fused-ring (bicyclic) bond motifs is 1. The number of rotatable bonds is 1. The van der Waals surface area contributed by atoms with Crippen LogP contribution in [0.15, 0.2) is 18.2 Å². The Kier molecular flexibility index (Phi) is 1.96. The Balaban J connectivity index is 2.58. The van der Waals surface area contributed by atoms with E-state index in [9.17, 15) is 9.59 Å². The Hall–Kier alpha value is -1.84. The number of esters is 2.